The van der Waals surface area contributed by atoms with E-state index < -0.39 is 5.97 Å². The third-order valence-electron chi connectivity index (χ3n) is 15.9. The molecule has 9 atom stereocenters. The molecule has 1 aromatic carbocycles. The topological polar surface area (TPSA) is 91.8 Å². The number of thiophene rings is 1. The molecule has 0 bridgehead atoms. The van der Waals surface area contributed by atoms with E-state index in [1.165, 1.54) is 68.1 Å². The van der Waals surface area contributed by atoms with Gasteiger partial charge >= 0.3 is 5.97 Å². The van der Waals surface area contributed by atoms with Gasteiger partial charge in [-0.25, -0.2) is 4.79 Å². The summed E-state index contributed by atoms with van der Waals surface area (Å²) in [7, 11) is 0. The van der Waals surface area contributed by atoms with Crippen LogP contribution in [0.15, 0.2) is 53.9 Å². The van der Waals surface area contributed by atoms with Crippen molar-refractivity contribution in [3.8, 4) is 22.5 Å². The fraction of sp³-hybridized carbons (Fsp3) is 0.591. The van der Waals surface area contributed by atoms with Gasteiger partial charge in [-0.1, -0.05) is 70.2 Å². The van der Waals surface area contributed by atoms with Crippen LogP contribution in [0.3, 0.4) is 0 Å². The fourth-order valence-corrected chi connectivity index (χ4v) is 14.3. The minimum Gasteiger partial charge on any atom is -0.478 e. The summed E-state index contributed by atoms with van der Waals surface area (Å²) in [6.45, 7) is 19.7. The van der Waals surface area contributed by atoms with Crippen molar-refractivity contribution >= 4 is 22.9 Å². The Morgan fingerprint density at radius 3 is 2.47 bits per heavy atom. The van der Waals surface area contributed by atoms with Crippen LogP contribution in [0.25, 0.3) is 16.3 Å². The highest BCUT2D eigenvalue weighted by Crippen LogP contribution is 2.77. The molecule has 4 fully saturated rings. The molecule has 51 heavy (non-hydrogen) atoms. The largest absolute Gasteiger partial charge is 0.478 e. The third kappa shape index (κ3) is 5.09. The van der Waals surface area contributed by atoms with Crippen LogP contribution in [0.4, 0.5) is 0 Å². The first-order valence-electron chi connectivity index (χ1n) is 19.3. The summed E-state index contributed by atoms with van der Waals surface area (Å²) in [6, 6.07) is 9.73. The number of carbonyl (C=O) groups is 1. The summed E-state index contributed by atoms with van der Waals surface area (Å²) in [6.07, 6.45) is 14.7. The molecule has 268 valence electrons. The lowest BCUT2D eigenvalue weighted by atomic mass is 9.32. The third-order valence-corrected chi connectivity index (χ3v) is 16.8. The van der Waals surface area contributed by atoms with Crippen LogP contribution in [-0.4, -0.2) is 31.7 Å². The molecular formula is C44H54N4O2S. The van der Waals surface area contributed by atoms with E-state index in [0.717, 1.165) is 23.3 Å². The molecule has 0 amide bonds. The van der Waals surface area contributed by atoms with Crippen molar-refractivity contribution in [3.63, 3.8) is 0 Å². The molecular weight excluding hydrogens is 649 g/mol. The second kappa shape index (κ2) is 12.0. The molecule has 2 aromatic heterocycles. The molecule has 2 heterocycles. The summed E-state index contributed by atoms with van der Waals surface area (Å²) in [5, 5.41) is 26.6. The van der Waals surface area contributed by atoms with Gasteiger partial charge in [0.2, 0.25) is 5.82 Å². The van der Waals surface area contributed by atoms with Crippen LogP contribution in [0, 0.1) is 68.5 Å². The van der Waals surface area contributed by atoms with Crippen LogP contribution >= 0.6 is 11.3 Å². The maximum Gasteiger partial charge on any atom is 0.335 e. The molecule has 5 aliphatic carbocycles. The summed E-state index contributed by atoms with van der Waals surface area (Å²) < 4.78 is 0. The van der Waals surface area contributed by atoms with E-state index in [2.05, 4.69) is 98.1 Å². The fourth-order valence-electron chi connectivity index (χ4n) is 13.6. The number of tetrazole rings is 1. The van der Waals surface area contributed by atoms with Crippen molar-refractivity contribution in [3.05, 3.63) is 70.6 Å². The lowest BCUT2D eigenvalue weighted by molar-refractivity contribution is -0.221. The van der Waals surface area contributed by atoms with E-state index in [1.54, 1.807) is 23.5 Å². The van der Waals surface area contributed by atoms with Gasteiger partial charge in [0.1, 0.15) is 0 Å². The van der Waals surface area contributed by atoms with Crippen molar-refractivity contribution in [2.24, 2.45) is 56.7 Å². The summed E-state index contributed by atoms with van der Waals surface area (Å²) >= 11 is 1.64. The standard InChI is InChI=1S/C44H54N4O2S/c1-27(2)26-31-15-22-44(21-14-29-18-25-51-37(29)38-45-47-48-46-38)24-23-42(6)33(36(31)44)12-13-35-41(5)19-16-32(28-8-10-30(11-9-28)39(49)50)40(3,4)34(41)17-20-43(35,42)7/h8-11,16,18,25,31,33-36H,1,12-13,15,17,19-20,22-24,26H2,2-7H3,(H,49,50)(H,45,46,47,48)/t31-,33+,34-,35?,36+,41-,42+,43+,44+/m0/s1. The van der Waals surface area contributed by atoms with Crippen LogP contribution < -0.4 is 0 Å². The highest BCUT2D eigenvalue weighted by Gasteiger charge is 2.70. The summed E-state index contributed by atoms with van der Waals surface area (Å²) in [5.74, 6) is 10.6. The highest BCUT2D eigenvalue weighted by molar-refractivity contribution is 7.13. The molecule has 4 saturated carbocycles. The normalized spacial score (nSPS) is 37.8. The quantitative estimate of drug-likeness (QED) is 0.204. The maximum atomic E-state index is 11.6. The Hall–Kier alpha value is -3.50. The SMILES string of the molecule is C=C(C)C[C@@H]1CC[C@]2(C#Cc3ccsc3-c3nn[nH]n3)CC[C@]3(C)[C@H](CCC4[C@@]5(C)CC=C(c6ccc(C(=O)O)cc6)C(C)(C)[C@@H]5CC[C@]43C)[C@@H]12. The van der Waals surface area contributed by atoms with Gasteiger partial charge in [0.05, 0.1) is 10.4 Å². The summed E-state index contributed by atoms with van der Waals surface area (Å²) in [5.41, 5.74) is 6.05. The second-order valence-electron chi connectivity index (χ2n) is 18.4. The molecule has 3 aromatic rings. The molecule has 0 saturated heterocycles. The average Bonchev–Trinajstić information content (AvgIpc) is 3.85. The number of aromatic nitrogens is 4. The number of hydrogen-bond acceptors (Lipinski definition) is 5. The Morgan fingerprint density at radius 2 is 1.76 bits per heavy atom. The van der Waals surface area contributed by atoms with Crippen LogP contribution in [0.2, 0.25) is 0 Å². The molecule has 7 heteroatoms. The lowest BCUT2D eigenvalue weighted by Crippen LogP contribution is -2.65. The van der Waals surface area contributed by atoms with E-state index in [-0.39, 0.29) is 27.1 Å². The molecule has 0 aliphatic heterocycles. The van der Waals surface area contributed by atoms with Gasteiger partial charge < -0.3 is 5.11 Å². The van der Waals surface area contributed by atoms with Crippen LogP contribution in [0.5, 0.6) is 0 Å². The maximum absolute atomic E-state index is 11.6. The van der Waals surface area contributed by atoms with E-state index in [4.69, 9.17) is 0 Å². The predicted octanol–water partition coefficient (Wildman–Crippen LogP) is 10.7. The first-order chi connectivity index (χ1) is 24.2. The first kappa shape index (κ1) is 34.6. The number of carboxylic acid groups (broad SMARTS) is 1. The monoisotopic (exact) mass is 702 g/mol. The number of benzene rings is 1. The minimum atomic E-state index is -0.866. The van der Waals surface area contributed by atoms with E-state index in [0.29, 0.717) is 41.0 Å². The Bertz CT molecular complexity index is 1950. The molecule has 1 unspecified atom stereocenters. The number of allylic oxidation sites excluding steroid dienone is 3. The van der Waals surface area contributed by atoms with Crippen molar-refractivity contribution in [1.82, 2.24) is 20.6 Å². The smallest absolute Gasteiger partial charge is 0.335 e. The Morgan fingerprint density at radius 1 is 0.980 bits per heavy atom. The van der Waals surface area contributed by atoms with Gasteiger partial charge in [0.25, 0.3) is 0 Å². The highest BCUT2D eigenvalue weighted by atomic mass is 32.1. The zero-order chi connectivity index (χ0) is 36.0. The molecule has 5 aliphatic rings. The predicted molar refractivity (Wildman–Crippen MR) is 205 cm³/mol. The van der Waals surface area contributed by atoms with E-state index in [9.17, 15) is 9.90 Å². The zero-order valence-electron chi connectivity index (χ0n) is 31.3. The number of aromatic amines is 1. The number of rotatable bonds is 5. The van der Waals surface area contributed by atoms with Crippen molar-refractivity contribution in [2.75, 3.05) is 0 Å². The molecule has 0 spiro atoms. The average molecular weight is 703 g/mol. The van der Waals surface area contributed by atoms with Gasteiger partial charge in [-0.05, 0) is 162 Å². The number of nitrogens with one attached hydrogen (secondary N) is 1. The van der Waals surface area contributed by atoms with Gasteiger partial charge in [-0.2, -0.15) is 5.21 Å². The van der Waals surface area contributed by atoms with Crippen molar-refractivity contribution in [2.45, 2.75) is 106 Å². The van der Waals surface area contributed by atoms with Crippen molar-refractivity contribution in [1.29, 1.82) is 0 Å². The Kier molecular flexibility index (Phi) is 8.15. The molecule has 2 N–H and O–H groups in total. The van der Waals surface area contributed by atoms with Gasteiger partial charge in [-0.15, -0.1) is 28.1 Å². The Labute approximate surface area is 308 Å². The van der Waals surface area contributed by atoms with E-state index >= 15 is 0 Å². The number of hydrogen-bond donors (Lipinski definition) is 2. The molecule has 8 rings (SSSR count). The molecule has 0 radical (unpaired) electrons. The number of fused-ring (bicyclic) bond motifs is 7. The zero-order valence-corrected chi connectivity index (χ0v) is 32.1. The van der Waals surface area contributed by atoms with E-state index in [1.807, 2.05) is 12.1 Å². The number of H-pyrrole nitrogens is 1. The number of carboxylic acids is 1. The van der Waals surface area contributed by atoms with Crippen LogP contribution in [-0.2, 0) is 0 Å². The summed E-state index contributed by atoms with van der Waals surface area (Å²) in [4.78, 5) is 12.6. The van der Waals surface area contributed by atoms with Crippen molar-refractivity contribution < 1.29 is 9.90 Å². The number of aromatic carboxylic acids is 1. The number of nitrogens with zero attached hydrogens (tertiary/aromatic N) is 3. The van der Waals surface area contributed by atoms with Gasteiger partial charge in [0.15, 0.2) is 0 Å². The minimum absolute atomic E-state index is 0.00811. The van der Waals surface area contributed by atoms with Crippen LogP contribution in [0.1, 0.15) is 127 Å². The Balaban J connectivity index is 1.13. The van der Waals surface area contributed by atoms with Gasteiger partial charge in [0, 0.05) is 11.0 Å². The second-order valence-corrected chi connectivity index (χ2v) is 19.3. The molecule has 6 nitrogen and oxygen atoms in total. The lowest BCUT2D eigenvalue weighted by Gasteiger charge is -2.72. The van der Waals surface area contributed by atoms with Gasteiger partial charge in [-0.3, -0.25) is 0 Å². The first-order valence-corrected chi connectivity index (χ1v) is 20.1.